The van der Waals surface area contributed by atoms with Crippen LogP contribution in [0.4, 0.5) is 0 Å². The van der Waals surface area contributed by atoms with Gasteiger partial charge in [-0.15, -0.1) is 0 Å². The normalized spacial score (nSPS) is 25.4. The van der Waals surface area contributed by atoms with Crippen LogP contribution >= 0.6 is 0 Å². The van der Waals surface area contributed by atoms with E-state index in [2.05, 4.69) is 4.98 Å². The van der Waals surface area contributed by atoms with Gasteiger partial charge in [0.2, 0.25) is 0 Å². The maximum Gasteiger partial charge on any atom is 0.307 e. The molecule has 80 valence electrons. The van der Waals surface area contributed by atoms with Crippen LogP contribution in [0.2, 0.25) is 0 Å². The highest BCUT2D eigenvalue weighted by Gasteiger charge is 2.33. The molecule has 1 aromatic rings. The second kappa shape index (κ2) is 4.01. The van der Waals surface area contributed by atoms with Crippen molar-refractivity contribution < 1.29 is 9.90 Å². The number of hydrogen-bond donors (Lipinski definition) is 1. The summed E-state index contributed by atoms with van der Waals surface area (Å²) in [7, 11) is 0. The summed E-state index contributed by atoms with van der Waals surface area (Å²) in [5, 5.41) is 9.08. The first-order valence-corrected chi connectivity index (χ1v) is 5.34. The summed E-state index contributed by atoms with van der Waals surface area (Å²) in [6, 6.07) is 3.96. The fraction of sp³-hybridized carbons (Fsp3) is 0.500. The number of aryl methyl sites for hydroxylation is 1. The summed E-state index contributed by atoms with van der Waals surface area (Å²) in [6.45, 7) is 1.94. The standard InChI is InChI=1S/C12H15NO2/c1-8-5-6-9(7-13-8)10-3-2-4-11(10)12(14)15/h5-7,10-11H,2-4H2,1H3,(H,14,15). The minimum atomic E-state index is -0.668. The van der Waals surface area contributed by atoms with Crippen molar-refractivity contribution in [1.29, 1.82) is 0 Å². The Balaban J connectivity index is 2.22. The van der Waals surface area contributed by atoms with Gasteiger partial charge in [-0.05, 0) is 37.3 Å². The molecular formula is C12H15NO2. The molecule has 3 nitrogen and oxygen atoms in total. The quantitative estimate of drug-likeness (QED) is 0.806. The van der Waals surface area contributed by atoms with E-state index < -0.39 is 5.97 Å². The number of rotatable bonds is 2. The highest BCUT2D eigenvalue weighted by Crippen LogP contribution is 2.39. The van der Waals surface area contributed by atoms with Crippen molar-refractivity contribution in [2.75, 3.05) is 0 Å². The molecule has 1 heterocycles. The van der Waals surface area contributed by atoms with Crippen LogP contribution in [0.15, 0.2) is 18.3 Å². The zero-order chi connectivity index (χ0) is 10.8. The molecule has 1 aliphatic carbocycles. The van der Waals surface area contributed by atoms with Crippen molar-refractivity contribution >= 4 is 5.97 Å². The minimum Gasteiger partial charge on any atom is -0.481 e. The summed E-state index contributed by atoms with van der Waals surface area (Å²) in [5.41, 5.74) is 2.05. The Labute approximate surface area is 89.2 Å². The van der Waals surface area contributed by atoms with E-state index in [9.17, 15) is 4.79 Å². The first-order valence-electron chi connectivity index (χ1n) is 5.34. The van der Waals surface area contributed by atoms with Gasteiger partial charge >= 0.3 is 5.97 Å². The number of pyridine rings is 1. The van der Waals surface area contributed by atoms with E-state index in [4.69, 9.17) is 5.11 Å². The Morgan fingerprint density at radius 1 is 1.47 bits per heavy atom. The Kier molecular flexibility index (Phi) is 2.71. The van der Waals surface area contributed by atoms with Gasteiger partial charge in [-0.3, -0.25) is 9.78 Å². The molecule has 0 radical (unpaired) electrons. The molecule has 0 spiro atoms. The topological polar surface area (TPSA) is 50.2 Å². The maximum atomic E-state index is 11.0. The van der Waals surface area contributed by atoms with Gasteiger partial charge in [0.05, 0.1) is 5.92 Å². The van der Waals surface area contributed by atoms with Crippen LogP contribution < -0.4 is 0 Å². The third-order valence-corrected chi connectivity index (χ3v) is 3.20. The molecule has 0 bridgehead atoms. The van der Waals surface area contributed by atoms with E-state index in [-0.39, 0.29) is 11.8 Å². The molecule has 1 N–H and O–H groups in total. The molecule has 0 amide bonds. The lowest BCUT2D eigenvalue weighted by Crippen LogP contribution is -2.16. The van der Waals surface area contributed by atoms with E-state index in [0.717, 1.165) is 30.5 Å². The van der Waals surface area contributed by atoms with Crippen molar-refractivity contribution in [1.82, 2.24) is 4.98 Å². The Morgan fingerprint density at radius 3 is 2.87 bits per heavy atom. The lowest BCUT2D eigenvalue weighted by Gasteiger charge is -2.15. The predicted molar refractivity (Wildman–Crippen MR) is 56.7 cm³/mol. The molecule has 2 atom stereocenters. The lowest BCUT2D eigenvalue weighted by atomic mass is 9.90. The van der Waals surface area contributed by atoms with Crippen molar-refractivity contribution in [3.8, 4) is 0 Å². The Hall–Kier alpha value is -1.38. The summed E-state index contributed by atoms with van der Waals surface area (Å²) in [6.07, 6.45) is 4.60. The Morgan fingerprint density at radius 2 is 2.27 bits per heavy atom. The number of carbonyl (C=O) groups is 1. The number of carboxylic acid groups (broad SMARTS) is 1. The number of hydrogen-bond acceptors (Lipinski definition) is 2. The molecule has 2 unspecified atom stereocenters. The molecular weight excluding hydrogens is 190 g/mol. The smallest absolute Gasteiger partial charge is 0.307 e. The summed E-state index contributed by atoms with van der Waals surface area (Å²) < 4.78 is 0. The Bertz CT molecular complexity index is 358. The van der Waals surface area contributed by atoms with Crippen molar-refractivity contribution in [3.05, 3.63) is 29.6 Å². The second-order valence-corrected chi connectivity index (χ2v) is 4.22. The average Bonchev–Trinajstić information content (AvgIpc) is 2.67. The van der Waals surface area contributed by atoms with Gasteiger partial charge in [0.25, 0.3) is 0 Å². The highest BCUT2D eigenvalue weighted by atomic mass is 16.4. The SMILES string of the molecule is Cc1ccc(C2CCCC2C(=O)O)cn1. The number of nitrogens with zero attached hydrogens (tertiary/aromatic N) is 1. The van der Waals surface area contributed by atoms with Crippen molar-refractivity contribution in [2.24, 2.45) is 5.92 Å². The zero-order valence-corrected chi connectivity index (χ0v) is 8.81. The first kappa shape index (κ1) is 10.1. The molecule has 0 aromatic carbocycles. The van der Waals surface area contributed by atoms with Crippen LogP contribution in [0.1, 0.15) is 36.4 Å². The van der Waals surface area contributed by atoms with Crippen LogP contribution in [-0.2, 0) is 4.79 Å². The van der Waals surface area contributed by atoms with E-state index >= 15 is 0 Å². The molecule has 0 aliphatic heterocycles. The highest BCUT2D eigenvalue weighted by molar-refractivity contribution is 5.71. The van der Waals surface area contributed by atoms with Gasteiger partial charge < -0.3 is 5.11 Å². The van der Waals surface area contributed by atoms with Gasteiger partial charge in [0.15, 0.2) is 0 Å². The molecule has 0 saturated heterocycles. The number of aromatic nitrogens is 1. The van der Waals surface area contributed by atoms with Crippen LogP contribution in [0, 0.1) is 12.8 Å². The third kappa shape index (κ3) is 2.01. The van der Waals surface area contributed by atoms with Gasteiger partial charge in [-0.25, -0.2) is 0 Å². The van der Waals surface area contributed by atoms with Gasteiger partial charge in [-0.2, -0.15) is 0 Å². The molecule has 1 saturated carbocycles. The molecule has 15 heavy (non-hydrogen) atoms. The van der Waals surface area contributed by atoms with E-state index in [1.54, 1.807) is 0 Å². The van der Waals surface area contributed by atoms with Crippen molar-refractivity contribution in [2.45, 2.75) is 32.1 Å². The maximum absolute atomic E-state index is 11.0. The molecule has 1 aromatic heterocycles. The van der Waals surface area contributed by atoms with E-state index in [0.29, 0.717) is 0 Å². The number of aliphatic carboxylic acids is 1. The monoisotopic (exact) mass is 205 g/mol. The van der Waals surface area contributed by atoms with Crippen molar-refractivity contribution in [3.63, 3.8) is 0 Å². The fourth-order valence-corrected chi connectivity index (χ4v) is 2.35. The van der Waals surface area contributed by atoms with Crippen LogP contribution in [-0.4, -0.2) is 16.1 Å². The van der Waals surface area contributed by atoms with Gasteiger partial charge in [0.1, 0.15) is 0 Å². The predicted octanol–water partition coefficient (Wildman–Crippen LogP) is 2.36. The molecule has 3 heteroatoms. The zero-order valence-electron chi connectivity index (χ0n) is 8.81. The second-order valence-electron chi connectivity index (χ2n) is 4.22. The molecule has 1 aliphatic rings. The lowest BCUT2D eigenvalue weighted by molar-refractivity contribution is -0.142. The fourth-order valence-electron chi connectivity index (χ4n) is 2.35. The summed E-state index contributed by atoms with van der Waals surface area (Å²) in [4.78, 5) is 15.3. The number of carboxylic acids is 1. The summed E-state index contributed by atoms with van der Waals surface area (Å²) in [5.74, 6) is -0.719. The molecule has 2 rings (SSSR count). The van der Waals surface area contributed by atoms with E-state index in [1.165, 1.54) is 0 Å². The first-order chi connectivity index (χ1) is 7.18. The van der Waals surface area contributed by atoms with Crippen LogP contribution in [0.3, 0.4) is 0 Å². The summed E-state index contributed by atoms with van der Waals surface area (Å²) >= 11 is 0. The average molecular weight is 205 g/mol. The van der Waals surface area contributed by atoms with Gasteiger partial charge in [0, 0.05) is 11.9 Å². The third-order valence-electron chi connectivity index (χ3n) is 3.20. The van der Waals surface area contributed by atoms with Crippen LogP contribution in [0.5, 0.6) is 0 Å². The minimum absolute atomic E-state index is 0.163. The van der Waals surface area contributed by atoms with Gasteiger partial charge in [-0.1, -0.05) is 12.5 Å². The van der Waals surface area contributed by atoms with E-state index in [1.807, 2.05) is 25.3 Å². The van der Waals surface area contributed by atoms with Crippen LogP contribution in [0.25, 0.3) is 0 Å². The largest absolute Gasteiger partial charge is 0.481 e. The molecule has 1 fully saturated rings.